The molecule has 2 saturated heterocycles. The highest BCUT2D eigenvalue weighted by Crippen LogP contribution is 2.59. The lowest BCUT2D eigenvalue weighted by Gasteiger charge is -2.25. The lowest BCUT2D eigenvalue weighted by molar-refractivity contribution is -0.122. The highest BCUT2D eigenvalue weighted by molar-refractivity contribution is 6.00. The second kappa shape index (κ2) is 4.64. The number of anilines is 1. The second-order valence-electron chi connectivity index (χ2n) is 6.69. The van der Waals surface area contributed by atoms with E-state index in [-0.39, 0.29) is 19.6 Å². The molecule has 3 amide bonds. The van der Waals surface area contributed by atoms with Gasteiger partial charge in [-0.25, -0.2) is 23.1 Å². The molecule has 2 N–H and O–H groups in total. The molecule has 3 aliphatic rings. The maximum Gasteiger partial charge on any atom is 0.321 e. The average Bonchev–Trinajstić information content (AvgIpc) is 3.03. The third-order valence-corrected chi connectivity index (χ3v) is 5.28. The van der Waals surface area contributed by atoms with Crippen molar-refractivity contribution >= 4 is 23.3 Å². The first kappa shape index (κ1) is 14.6. The number of rotatable bonds is 2. The summed E-state index contributed by atoms with van der Waals surface area (Å²) >= 11 is 0. The van der Waals surface area contributed by atoms with E-state index in [1.54, 1.807) is 18.5 Å². The van der Waals surface area contributed by atoms with Gasteiger partial charge in [-0.05, 0) is 6.07 Å². The zero-order chi connectivity index (χ0) is 17.3. The number of aromatic nitrogens is 3. The van der Waals surface area contributed by atoms with E-state index in [4.69, 9.17) is 0 Å². The summed E-state index contributed by atoms with van der Waals surface area (Å²) in [4.78, 5) is 29.5. The summed E-state index contributed by atoms with van der Waals surface area (Å²) in [6, 6.07) is 1.18. The Morgan fingerprint density at radius 1 is 1.24 bits per heavy atom. The highest BCUT2D eigenvalue weighted by atomic mass is 19.3. The molecule has 1 saturated carbocycles. The fourth-order valence-electron chi connectivity index (χ4n) is 3.80. The van der Waals surface area contributed by atoms with Crippen molar-refractivity contribution < 1.29 is 18.4 Å². The Bertz CT molecular complexity index is 899. The molecule has 0 aromatic carbocycles. The number of piperidine rings is 1. The van der Waals surface area contributed by atoms with Crippen LogP contribution >= 0.6 is 0 Å². The minimum Gasteiger partial charge on any atom is -0.367 e. The predicted octanol–water partition coefficient (Wildman–Crippen LogP) is 0.354. The van der Waals surface area contributed by atoms with Crippen LogP contribution in [-0.2, 0) is 4.79 Å². The van der Waals surface area contributed by atoms with E-state index in [2.05, 4.69) is 20.7 Å². The van der Waals surface area contributed by atoms with Crippen molar-refractivity contribution in [2.24, 2.45) is 11.8 Å². The van der Waals surface area contributed by atoms with E-state index in [0.717, 1.165) is 0 Å². The molecule has 0 spiro atoms. The molecule has 10 heteroatoms. The monoisotopic (exact) mass is 348 g/mol. The maximum atomic E-state index is 13.5. The third-order valence-electron chi connectivity index (χ3n) is 5.28. The van der Waals surface area contributed by atoms with E-state index in [0.29, 0.717) is 17.0 Å². The molecule has 130 valence electrons. The number of carbonyl (C=O) groups is 2. The molecule has 3 atom stereocenters. The Hall–Kier alpha value is -2.78. The molecule has 2 aliphatic heterocycles. The normalized spacial score (nSPS) is 30.2. The molecule has 2 aromatic heterocycles. The van der Waals surface area contributed by atoms with Gasteiger partial charge < -0.3 is 10.2 Å². The highest BCUT2D eigenvalue weighted by Gasteiger charge is 2.71. The van der Waals surface area contributed by atoms with Gasteiger partial charge in [-0.2, -0.15) is 5.10 Å². The number of hydrogen-bond acceptors (Lipinski definition) is 5. The maximum absolute atomic E-state index is 13.5. The first-order valence-electron chi connectivity index (χ1n) is 8.01. The molecular formula is C15H14F2N6O2. The number of urea groups is 1. The molecule has 2 aromatic rings. The molecule has 5 rings (SSSR count). The molecule has 8 nitrogen and oxygen atoms in total. The molecule has 0 radical (unpaired) electrons. The minimum atomic E-state index is -2.56. The summed E-state index contributed by atoms with van der Waals surface area (Å²) in [7, 11) is 0. The van der Waals surface area contributed by atoms with E-state index < -0.39 is 35.6 Å². The van der Waals surface area contributed by atoms with E-state index in [9.17, 15) is 18.4 Å². The van der Waals surface area contributed by atoms with Gasteiger partial charge in [0.25, 0.3) is 5.92 Å². The summed E-state index contributed by atoms with van der Waals surface area (Å²) in [5.41, 5.74) is 1.71. The van der Waals surface area contributed by atoms with Gasteiger partial charge in [0.2, 0.25) is 5.91 Å². The molecule has 3 fully saturated rings. The quantitative estimate of drug-likeness (QED) is 0.817. The number of imidazole rings is 1. The Kier molecular flexibility index (Phi) is 2.70. The first-order valence-corrected chi connectivity index (χ1v) is 8.01. The number of nitrogens with one attached hydrogen (secondary N) is 2. The number of nitrogens with zero attached hydrogens (tertiary/aromatic N) is 4. The zero-order valence-electron chi connectivity index (χ0n) is 12.9. The van der Waals surface area contributed by atoms with Gasteiger partial charge >= 0.3 is 6.03 Å². The summed E-state index contributed by atoms with van der Waals surface area (Å²) < 4.78 is 28.5. The van der Waals surface area contributed by atoms with E-state index >= 15 is 0 Å². The number of halogens is 2. The lowest BCUT2D eigenvalue weighted by atomic mass is 10.0. The van der Waals surface area contributed by atoms with Crippen molar-refractivity contribution in [1.29, 1.82) is 0 Å². The van der Waals surface area contributed by atoms with Crippen LogP contribution in [0.4, 0.5) is 19.3 Å². The SMILES string of the molecule is O=C1NCC(c2cc(N3CC4C(C3)C4(F)F)c3nccn3n2)C(=O)N1. The molecule has 3 unspecified atom stereocenters. The largest absolute Gasteiger partial charge is 0.367 e. The predicted molar refractivity (Wildman–Crippen MR) is 81.4 cm³/mol. The summed E-state index contributed by atoms with van der Waals surface area (Å²) in [6.45, 7) is 0.662. The van der Waals surface area contributed by atoms with Crippen LogP contribution in [-0.4, -0.2) is 52.1 Å². The van der Waals surface area contributed by atoms with E-state index in [1.807, 2.05) is 4.90 Å². The van der Waals surface area contributed by atoms with Crippen LogP contribution in [0.15, 0.2) is 18.5 Å². The Balaban J connectivity index is 1.52. The average molecular weight is 348 g/mol. The molecule has 0 bridgehead atoms. The molecule has 4 heterocycles. The Morgan fingerprint density at radius 3 is 2.72 bits per heavy atom. The van der Waals surface area contributed by atoms with Gasteiger partial charge in [-0.15, -0.1) is 0 Å². The Morgan fingerprint density at radius 2 is 2.00 bits per heavy atom. The topological polar surface area (TPSA) is 91.6 Å². The van der Waals surface area contributed by atoms with Crippen LogP contribution in [0.1, 0.15) is 11.6 Å². The van der Waals surface area contributed by atoms with Crippen molar-refractivity contribution in [3.63, 3.8) is 0 Å². The van der Waals surface area contributed by atoms with Gasteiger partial charge in [0, 0.05) is 32.0 Å². The van der Waals surface area contributed by atoms with Crippen LogP contribution in [0.2, 0.25) is 0 Å². The summed E-state index contributed by atoms with van der Waals surface area (Å²) in [6.07, 6.45) is 3.22. The van der Waals surface area contributed by atoms with Crippen molar-refractivity contribution in [3.05, 3.63) is 24.2 Å². The van der Waals surface area contributed by atoms with Crippen molar-refractivity contribution in [2.45, 2.75) is 11.8 Å². The van der Waals surface area contributed by atoms with Crippen LogP contribution < -0.4 is 15.5 Å². The minimum absolute atomic E-state index is 0.140. The number of amides is 3. The van der Waals surface area contributed by atoms with Crippen LogP contribution in [0.3, 0.4) is 0 Å². The van der Waals surface area contributed by atoms with Gasteiger partial charge in [0.1, 0.15) is 0 Å². The summed E-state index contributed by atoms with van der Waals surface area (Å²) in [5.74, 6) is -4.86. The fraction of sp³-hybridized carbons (Fsp3) is 0.467. The molecule has 1 aliphatic carbocycles. The fourth-order valence-corrected chi connectivity index (χ4v) is 3.80. The van der Waals surface area contributed by atoms with E-state index in [1.165, 1.54) is 4.52 Å². The van der Waals surface area contributed by atoms with Gasteiger partial charge in [0.15, 0.2) is 5.65 Å². The van der Waals surface area contributed by atoms with Crippen LogP contribution in [0, 0.1) is 11.8 Å². The molecular weight excluding hydrogens is 334 g/mol. The van der Waals surface area contributed by atoms with Crippen molar-refractivity contribution in [2.75, 3.05) is 24.5 Å². The molecule has 25 heavy (non-hydrogen) atoms. The standard InChI is InChI=1S/C15H14F2N6O2/c16-15(17)8-5-22(6-9(8)15)11-3-10(21-23-2-1-18-12(11)23)7-4-19-14(25)20-13(7)24/h1-3,7-9H,4-6H2,(H2,19,20,24,25). The second-order valence-corrected chi connectivity index (χ2v) is 6.69. The lowest BCUT2D eigenvalue weighted by Crippen LogP contribution is -2.51. The number of hydrogen-bond donors (Lipinski definition) is 2. The number of fused-ring (bicyclic) bond motifs is 2. The number of carbonyl (C=O) groups excluding carboxylic acids is 2. The van der Waals surface area contributed by atoms with Crippen molar-refractivity contribution in [1.82, 2.24) is 25.2 Å². The van der Waals surface area contributed by atoms with Crippen molar-refractivity contribution in [3.8, 4) is 0 Å². The van der Waals surface area contributed by atoms with Gasteiger partial charge in [0.05, 0.1) is 29.1 Å². The third kappa shape index (κ3) is 2.02. The smallest absolute Gasteiger partial charge is 0.321 e. The first-order chi connectivity index (χ1) is 11.9. The number of alkyl halides is 2. The zero-order valence-corrected chi connectivity index (χ0v) is 12.9. The van der Waals surface area contributed by atoms with Crippen LogP contribution in [0.25, 0.3) is 5.65 Å². The van der Waals surface area contributed by atoms with Gasteiger partial charge in [-0.3, -0.25) is 10.1 Å². The van der Waals surface area contributed by atoms with Crippen LogP contribution in [0.5, 0.6) is 0 Å². The number of imide groups is 1. The van der Waals surface area contributed by atoms with Gasteiger partial charge in [-0.1, -0.05) is 0 Å². The Labute approximate surface area is 140 Å². The summed E-state index contributed by atoms with van der Waals surface area (Å²) in [5, 5.41) is 9.18.